The van der Waals surface area contributed by atoms with Gasteiger partial charge in [-0.05, 0) is 31.4 Å². The number of benzene rings is 1. The number of hydrogen-bond acceptors (Lipinski definition) is 2. The van der Waals surface area contributed by atoms with Crippen LogP contribution >= 0.6 is 0 Å². The van der Waals surface area contributed by atoms with Crippen LogP contribution in [0.1, 0.15) is 44.1 Å². The molecule has 1 aliphatic carbocycles. The number of urea groups is 1. The van der Waals surface area contributed by atoms with Gasteiger partial charge in [0.15, 0.2) is 0 Å². The summed E-state index contributed by atoms with van der Waals surface area (Å²) in [5.74, 6) is -0.00302. The minimum absolute atomic E-state index is 0.00302. The van der Waals surface area contributed by atoms with E-state index in [1.165, 1.54) is 11.3 Å². The lowest BCUT2D eigenvalue weighted by Crippen LogP contribution is -2.56. The second kappa shape index (κ2) is 5.88. The van der Waals surface area contributed by atoms with E-state index in [0.29, 0.717) is 13.0 Å². The van der Waals surface area contributed by atoms with E-state index >= 15 is 0 Å². The van der Waals surface area contributed by atoms with E-state index < -0.39 is 0 Å². The van der Waals surface area contributed by atoms with Crippen LogP contribution in [0.15, 0.2) is 24.3 Å². The molecule has 21 heavy (non-hydrogen) atoms. The highest BCUT2D eigenvalue weighted by Gasteiger charge is 2.38. The highest BCUT2D eigenvalue weighted by Crippen LogP contribution is 2.29. The standard InChI is InChI=1S/C17H22N2O2/c1-13-7-5-6-10-15(13)18-12-11-16(20)19(17(18)21)14-8-3-2-4-9-14/h5-7,10,14H,2-4,8-9,11-12H2,1H3. The number of amides is 3. The third-order valence-electron chi connectivity index (χ3n) is 4.60. The van der Waals surface area contributed by atoms with Gasteiger partial charge in [-0.1, -0.05) is 37.5 Å². The second-order valence-corrected chi connectivity index (χ2v) is 6.03. The summed E-state index contributed by atoms with van der Waals surface area (Å²) >= 11 is 0. The third-order valence-corrected chi connectivity index (χ3v) is 4.60. The molecule has 1 heterocycles. The molecule has 1 aromatic carbocycles. The third kappa shape index (κ3) is 2.67. The molecule has 3 amide bonds. The van der Waals surface area contributed by atoms with Gasteiger partial charge in [0.05, 0.1) is 0 Å². The van der Waals surface area contributed by atoms with Crippen LogP contribution in [0.2, 0.25) is 0 Å². The first-order valence-corrected chi connectivity index (χ1v) is 7.87. The average Bonchev–Trinajstić information content (AvgIpc) is 2.50. The lowest BCUT2D eigenvalue weighted by Gasteiger charge is -2.40. The minimum atomic E-state index is -0.132. The normalized spacial score (nSPS) is 21.0. The Kier molecular flexibility index (Phi) is 3.95. The Morgan fingerprint density at radius 3 is 2.48 bits per heavy atom. The van der Waals surface area contributed by atoms with Crippen LogP contribution in [-0.4, -0.2) is 29.4 Å². The number of rotatable bonds is 2. The number of anilines is 1. The van der Waals surface area contributed by atoms with Crippen molar-refractivity contribution in [3.05, 3.63) is 29.8 Å². The van der Waals surface area contributed by atoms with Crippen molar-refractivity contribution < 1.29 is 9.59 Å². The first-order valence-electron chi connectivity index (χ1n) is 7.87. The second-order valence-electron chi connectivity index (χ2n) is 6.03. The maximum Gasteiger partial charge on any atom is 0.331 e. The van der Waals surface area contributed by atoms with Crippen LogP contribution in [0, 0.1) is 6.92 Å². The largest absolute Gasteiger partial charge is 0.331 e. The molecule has 1 aromatic rings. The summed E-state index contributed by atoms with van der Waals surface area (Å²) < 4.78 is 0. The molecule has 0 aromatic heterocycles. The Morgan fingerprint density at radius 1 is 1.05 bits per heavy atom. The van der Waals surface area contributed by atoms with Gasteiger partial charge in [0.2, 0.25) is 5.91 Å². The van der Waals surface area contributed by atoms with Gasteiger partial charge in [-0.3, -0.25) is 14.6 Å². The molecule has 0 bridgehead atoms. The maximum atomic E-state index is 12.8. The van der Waals surface area contributed by atoms with Gasteiger partial charge in [0, 0.05) is 24.7 Å². The Balaban J connectivity index is 1.86. The fraction of sp³-hybridized carbons (Fsp3) is 0.529. The van der Waals surface area contributed by atoms with Crippen LogP contribution < -0.4 is 4.90 Å². The molecule has 4 heteroatoms. The molecular weight excluding hydrogens is 264 g/mol. The van der Waals surface area contributed by atoms with E-state index in [0.717, 1.165) is 36.9 Å². The van der Waals surface area contributed by atoms with Gasteiger partial charge < -0.3 is 0 Å². The zero-order chi connectivity index (χ0) is 14.8. The van der Waals surface area contributed by atoms with Crippen LogP contribution in [0.4, 0.5) is 10.5 Å². The van der Waals surface area contributed by atoms with Gasteiger partial charge in [-0.2, -0.15) is 0 Å². The number of para-hydroxylation sites is 1. The first-order chi connectivity index (χ1) is 10.2. The van der Waals surface area contributed by atoms with Gasteiger partial charge >= 0.3 is 6.03 Å². The van der Waals surface area contributed by atoms with Crippen LogP contribution in [-0.2, 0) is 4.79 Å². The highest BCUT2D eigenvalue weighted by molar-refractivity contribution is 6.06. The van der Waals surface area contributed by atoms with E-state index in [4.69, 9.17) is 0 Å². The predicted molar refractivity (Wildman–Crippen MR) is 82.3 cm³/mol. The molecule has 1 saturated heterocycles. The van der Waals surface area contributed by atoms with Crippen LogP contribution in [0.25, 0.3) is 0 Å². The summed E-state index contributed by atoms with van der Waals surface area (Å²) in [6.07, 6.45) is 5.79. The zero-order valence-corrected chi connectivity index (χ0v) is 12.5. The van der Waals surface area contributed by atoms with Crippen molar-refractivity contribution in [2.45, 2.75) is 51.5 Å². The molecule has 4 nitrogen and oxygen atoms in total. The number of hydrogen-bond donors (Lipinski definition) is 0. The molecule has 2 fully saturated rings. The fourth-order valence-electron chi connectivity index (χ4n) is 3.45. The lowest BCUT2D eigenvalue weighted by molar-refractivity contribution is -0.131. The van der Waals surface area contributed by atoms with E-state index in [-0.39, 0.29) is 18.0 Å². The van der Waals surface area contributed by atoms with Gasteiger partial charge in [0.1, 0.15) is 0 Å². The van der Waals surface area contributed by atoms with Crippen LogP contribution in [0.5, 0.6) is 0 Å². The number of carbonyl (C=O) groups is 2. The van der Waals surface area contributed by atoms with Crippen molar-refractivity contribution in [3.63, 3.8) is 0 Å². The van der Waals surface area contributed by atoms with Gasteiger partial charge in [-0.15, -0.1) is 0 Å². The number of nitrogens with zero attached hydrogens (tertiary/aromatic N) is 2. The molecule has 1 saturated carbocycles. The quantitative estimate of drug-likeness (QED) is 0.835. The first kappa shape index (κ1) is 14.1. The van der Waals surface area contributed by atoms with E-state index in [2.05, 4.69) is 0 Å². The predicted octanol–water partition coefficient (Wildman–Crippen LogP) is 3.49. The summed E-state index contributed by atoms with van der Waals surface area (Å²) in [5, 5.41) is 0. The summed E-state index contributed by atoms with van der Waals surface area (Å²) in [6, 6.07) is 7.85. The molecular formula is C17H22N2O2. The topological polar surface area (TPSA) is 40.6 Å². The monoisotopic (exact) mass is 286 g/mol. The van der Waals surface area contributed by atoms with Gasteiger partial charge in [-0.25, -0.2) is 4.79 Å². The number of aryl methyl sites for hydroxylation is 1. The van der Waals surface area contributed by atoms with Crippen LogP contribution in [0.3, 0.4) is 0 Å². The molecule has 0 N–H and O–H groups in total. The van der Waals surface area contributed by atoms with E-state index in [1.807, 2.05) is 31.2 Å². The van der Waals surface area contributed by atoms with E-state index in [1.54, 1.807) is 4.90 Å². The maximum absolute atomic E-state index is 12.8. The van der Waals surface area contributed by atoms with Crippen molar-refractivity contribution in [1.29, 1.82) is 0 Å². The Morgan fingerprint density at radius 2 is 1.76 bits per heavy atom. The summed E-state index contributed by atoms with van der Waals surface area (Å²) in [7, 11) is 0. The Bertz CT molecular complexity index is 549. The smallest absolute Gasteiger partial charge is 0.293 e. The van der Waals surface area contributed by atoms with Gasteiger partial charge in [0.25, 0.3) is 0 Å². The average molecular weight is 286 g/mol. The molecule has 0 radical (unpaired) electrons. The fourth-order valence-corrected chi connectivity index (χ4v) is 3.45. The molecule has 0 unspecified atom stereocenters. The Hall–Kier alpha value is -1.84. The van der Waals surface area contributed by atoms with Crippen molar-refractivity contribution in [3.8, 4) is 0 Å². The van der Waals surface area contributed by atoms with Crippen molar-refractivity contribution in [2.24, 2.45) is 0 Å². The molecule has 2 aliphatic rings. The molecule has 0 atom stereocenters. The van der Waals surface area contributed by atoms with Crippen molar-refractivity contribution >= 4 is 17.6 Å². The van der Waals surface area contributed by atoms with E-state index in [9.17, 15) is 9.59 Å². The van der Waals surface area contributed by atoms with Crippen molar-refractivity contribution in [2.75, 3.05) is 11.4 Å². The molecule has 0 spiro atoms. The lowest BCUT2D eigenvalue weighted by atomic mass is 9.93. The van der Waals surface area contributed by atoms with Crippen molar-refractivity contribution in [1.82, 2.24) is 4.90 Å². The number of imide groups is 1. The SMILES string of the molecule is Cc1ccccc1N1CCC(=O)N(C2CCCCC2)C1=O. The summed E-state index contributed by atoms with van der Waals surface area (Å²) in [5.41, 5.74) is 2.00. The highest BCUT2D eigenvalue weighted by atomic mass is 16.2. The molecule has 112 valence electrons. The molecule has 3 rings (SSSR count). The zero-order valence-electron chi connectivity index (χ0n) is 12.5. The summed E-state index contributed by atoms with van der Waals surface area (Å²) in [6.45, 7) is 2.50. The minimum Gasteiger partial charge on any atom is -0.293 e. The Labute approximate surface area is 125 Å². The molecule has 1 aliphatic heterocycles. The summed E-state index contributed by atoms with van der Waals surface area (Å²) in [4.78, 5) is 28.4. The number of carbonyl (C=O) groups excluding carboxylic acids is 2.